The molecule has 0 aliphatic carbocycles. The molecule has 0 bridgehead atoms. The monoisotopic (exact) mass is 344 g/mol. The number of carbonyl (C=O) groups is 2. The van der Waals surface area contributed by atoms with E-state index >= 15 is 0 Å². The van der Waals surface area contributed by atoms with Crippen LogP contribution >= 0.6 is 0 Å². The summed E-state index contributed by atoms with van der Waals surface area (Å²) in [6.45, 7) is 6.77. The number of carbonyl (C=O) groups excluding carboxylic acids is 2. The summed E-state index contributed by atoms with van der Waals surface area (Å²) in [5.41, 5.74) is 0. The van der Waals surface area contributed by atoms with E-state index in [1.165, 1.54) is 32.1 Å². The summed E-state index contributed by atoms with van der Waals surface area (Å²) in [7, 11) is 0. The lowest BCUT2D eigenvalue weighted by molar-refractivity contribution is -0.156. The van der Waals surface area contributed by atoms with Gasteiger partial charge in [-0.1, -0.05) is 65.7 Å². The Kier molecular flexibility index (Phi) is 16.0. The molecule has 0 saturated carbocycles. The summed E-state index contributed by atoms with van der Waals surface area (Å²) in [5.74, 6) is -0.503. The highest BCUT2D eigenvalue weighted by atomic mass is 16.6. The maximum atomic E-state index is 11.5. The quantitative estimate of drug-likeness (QED) is 0.309. The highest BCUT2D eigenvalue weighted by Crippen LogP contribution is 2.07. The Morgan fingerprint density at radius 1 is 0.792 bits per heavy atom. The number of esters is 2. The Hall–Kier alpha value is -1.10. The van der Waals surface area contributed by atoms with E-state index in [1.807, 2.05) is 6.92 Å². The molecule has 0 fully saturated rings. The zero-order valence-electron chi connectivity index (χ0n) is 15.8. The minimum absolute atomic E-state index is 0.198. The molecule has 0 aromatic heterocycles. The van der Waals surface area contributed by atoms with E-state index in [-0.39, 0.29) is 13.2 Å². The minimum atomic E-state index is -0.433. The largest absolute Gasteiger partial charge is 0.464 e. The Bertz CT molecular complexity index is 317. The van der Waals surface area contributed by atoms with E-state index in [1.54, 1.807) is 0 Å². The molecule has 1 unspecified atom stereocenters. The van der Waals surface area contributed by atoms with E-state index in [0.717, 1.165) is 25.7 Å². The van der Waals surface area contributed by atoms with E-state index in [0.29, 0.717) is 19.1 Å². The molecule has 1 atom stereocenters. The third-order valence-electron chi connectivity index (χ3n) is 3.76. The van der Waals surface area contributed by atoms with Gasteiger partial charge in [0, 0.05) is 0 Å². The first-order valence-corrected chi connectivity index (χ1v) is 9.49. The van der Waals surface area contributed by atoms with Crippen LogP contribution in [0.3, 0.4) is 0 Å². The first-order valence-electron chi connectivity index (χ1n) is 9.49. The number of unbranched alkanes of at least 4 members (excludes halogenated alkanes) is 6. The SMILES string of the molecule is CCCCCCCCCOC(=O)COCC(=O)OCC(C)CCC. The number of hydrogen-bond acceptors (Lipinski definition) is 5. The Morgan fingerprint density at radius 3 is 2.00 bits per heavy atom. The van der Waals surface area contributed by atoms with Gasteiger partial charge in [0.2, 0.25) is 0 Å². The van der Waals surface area contributed by atoms with Crippen LogP contribution in [0.25, 0.3) is 0 Å². The molecule has 0 N–H and O–H groups in total. The highest BCUT2D eigenvalue weighted by Gasteiger charge is 2.09. The number of ether oxygens (including phenoxy) is 3. The molecule has 0 spiro atoms. The van der Waals surface area contributed by atoms with Gasteiger partial charge in [0.1, 0.15) is 13.2 Å². The van der Waals surface area contributed by atoms with Crippen molar-refractivity contribution in [1.82, 2.24) is 0 Å². The van der Waals surface area contributed by atoms with Crippen molar-refractivity contribution in [3.05, 3.63) is 0 Å². The smallest absolute Gasteiger partial charge is 0.332 e. The summed E-state index contributed by atoms with van der Waals surface area (Å²) in [4.78, 5) is 22.9. The van der Waals surface area contributed by atoms with Crippen molar-refractivity contribution in [2.24, 2.45) is 5.92 Å². The topological polar surface area (TPSA) is 61.8 Å². The predicted molar refractivity (Wildman–Crippen MR) is 94.8 cm³/mol. The lowest BCUT2D eigenvalue weighted by Gasteiger charge is -2.11. The molecule has 0 amide bonds. The number of hydrogen-bond donors (Lipinski definition) is 0. The van der Waals surface area contributed by atoms with E-state index < -0.39 is 11.9 Å². The Balaban J connectivity index is 3.41. The zero-order valence-corrected chi connectivity index (χ0v) is 15.8. The van der Waals surface area contributed by atoms with Crippen LogP contribution in [0.5, 0.6) is 0 Å². The Morgan fingerprint density at radius 2 is 1.38 bits per heavy atom. The summed E-state index contributed by atoms with van der Waals surface area (Å²) < 4.78 is 15.2. The molecule has 0 aliphatic heterocycles. The van der Waals surface area contributed by atoms with E-state index in [2.05, 4.69) is 13.8 Å². The first kappa shape index (κ1) is 22.9. The van der Waals surface area contributed by atoms with Crippen LogP contribution in [0.15, 0.2) is 0 Å². The van der Waals surface area contributed by atoms with Gasteiger partial charge in [-0.15, -0.1) is 0 Å². The molecule has 0 saturated heterocycles. The van der Waals surface area contributed by atoms with Crippen LogP contribution in [-0.4, -0.2) is 38.4 Å². The average molecular weight is 344 g/mol. The predicted octanol–water partition coefficient (Wildman–Crippen LogP) is 4.28. The standard InChI is InChI=1S/C19H36O5/c1-4-6-7-8-9-10-11-13-23-18(20)15-22-16-19(21)24-14-17(3)12-5-2/h17H,4-16H2,1-3H3. The van der Waals surface area contributed by atoms with Crippen LogP contribution in [0.4, 0.5) is 0 Å². The molecule has 0 aromatic carbocycles. The van der Waals surface area contributed by atoms with Crippen molar-refractivity contribution in [2.45, 2.75) is 78.6 Å². The third kappa shape index (κ3) is 15.8. The molecule has 142 valence electrons. The molecule has 5 nitrogen and oxygen atoms in total. The van der Waals surface area contributed by atoms with Crippen molar-refractivity contribution in [3.63, 3.8) is 0 Å². The number of rotatable bonds is 16. The second-order valence-corrected chi connectivity index (χ2v) is 6.41. The van der Waals surface area contributed by atoms with Gasteiger partial charge in [0.15, 0.2) is 0 Å². The fourth-order valence-electron chi connectivity index (χ4n) is 2.36. The van der Waals surface area contributed by atoms with Crippen molar-refractivity contribution in [1.29, 1.82) is 0 Å². The maximum Gasteiger partial charge on any atom is 0.332 e. The van der Waals surface area contributed by atoms with Crippen LogP contribution in [0, 0.1) is 5.92 Å². The fraction of sp³-hybridized carbons (Fsp3) is 0.895. The summed E-state index contributed by atoms with van der Waals surface area (Å²) >= 11 is 0. The molecular weight excluding hydrogens is 308 g/mol. The lowest BCUT2D eigenvalue weighted by Crippen LogP contribution is -2.20. The van der Waals surface area contributed by atoms with Gasteiger partial charge < -0.3 is 14.2 Å². The summed E-state index contributed by atoms with van der Waals surface area (Å²) in [6, 6.07) is 0. The normalized spacial score (nSPS) is 12.0. The second kappa shape index (κ2) is 16.7. The van der Waals surface area contributed by atoms with Gasteiger partial charge in [0.25, 0.3) is 0 Å². The molecular formula is C19H36O5. The van der Waals surface area contributed by atoms with Gasteiger partial charge in [-0.05, 0) is 18.8 Å². The van der Waals surface area contributed by atoms with Gasteiger partial charge in [-0.3, -0.25) is 0 Å². The highest BCUT2D eigenvalue weighted by molar-refractivity contribution is 5.73. The van der Waals surface area contributed by atoms with Crippen molar-refractivity contribution in [2.75, 3.05) is 26.4 Å². The third-order valence-corrected chi connectivity index (χ3v) is 3.76. The van der Waals surface area contributed by atoms with Gasteiger partial charge in [-0.25, -0.2) is 9.59 Å². The average Bonchev–Trinajstić information content (AvgIpc) is 2.55. The van der Waals surface area contributed by atoms with Crippen molar-refractivity contribution in [3.8, 4) is 0 Å². The van der Waals surface area contributed by atoms with Crippen molar-refractivity contribution >= 4 is 11.9 Å². The van der Waals surface area contributed by atoms with Crippen molar-refractivity contribution < 1.29 is 23.8 Å². The molecule has 0 aliphatic rings. The zero-order chi connectivity index (χ0) is 18.0. The van der Waals surface area contributed by atoms with Gasteiger partial charge in [-0.2, -0.15) is 0 Å². The Labute approximate surface area is 147 Å². The minimum Gasteiger partial charge on any atom is -0.464 e. The molecule has 0 rings (SSSR count). The van der Waals surface area contributed by atoms with Gasteiger partial charge in [0.05, 0.1) is 13.2 Å². The summed E-state index contributed by atoms with van der Waals surface area (Å²) in [6.07, 6.45) is 10.3. The van der Waals surface area contributed by atoms with Gasteiger partial charge >= 0.3 is 11.9 Å². The van der Waals surface area contributed by atoms with Crippen LogP contribution in [0.2, 0.25) is 0 Å². The lowest BCUT2D eigenvalue weighted by atomic mass is 10.1. The molecule has 24 heavy (non-hydrogen) atoms. The molecule has 5 heteroatoms. The van der Waals surface area contributed by atoms with Crippen LogP contribution < -0.4 is 0 Å². The fourth-order valence-corrected chi connectivity index (χ4v) is 2.36. The van der Waals surface area contributed by atoms with E-state index in [9.17, 15) is 9.59 Å². The first-order chi connectivity index (χ1) is 11.6. The van der Waals surface area contributed by atoms with E-state index in [4.69, 9.17) is 14.2 Å². The summed E-state index contributed by atoms with van der Waals surface area (Å²) in [5, 5.41) is 0. The maximum absolute atomic E-state index is 11.5. The molecule has 0 heterocycles. The van der Waals surface area contributed by atoms with Crippen LogP contribution in [-0.2, 0) is 23.8 Å². The molecule has 0 radical (unpaired) electrons. The van der Waals surface area contributed by atoms with Crippen LogP contribution in [0.1, 0.15) is 78.6 Å². The molecule has 0 aromatic rings. The second-order valence-electron chi connectivity index (χ2n) is 6.41.